The van der Waals surface area contributed by atoms with Crippen LogP contribution in [0.1, 0.15) is 40.0 Å². The van der Waals surface area contributed by atoms with Crippen LogP contribution in [0, 0.1) is 11.8 Å². The summed E-state index contributed by atoms with van der Waals surface area (Å²) < 4.78 is 5.32. The zero-order valence-electron chi connectivity index (χ0n) is 15.4. The highest BCUT2D eigenvalue weighted by atomic mass is 16.5. The van der Waals surface area contributed by atoms with Crippen LogP contribution in [-0.4, -0.2) is 66.2 Å². The van der Waals surface area contributed by atoms with Crippen LogP contribution in [0.4, 0.5) is 4.79 Å². The zero-order valence-corrected chi connectivity index (χ0v) is 15.4. The summed E-state index contributed by atoms with van der Waals surface area (Å²) in [6.45, 7) is 7.78. The normalized spacial score (nSPS) is 26.9. The van der Waals surface area contributed by atoms with Gasteiger partial charge in [-0.2, -0.15) is 0 Å². The Morgan fingerprint density at radius 1 is 1.44 bits per heavy atom. The van der Waals surface area contributed by atoms with Gasteiger partial charge in [0.2, 0.25) is 5.91 Å². The molecule has 8 heteroatoms. The van der Waals surface area contributed by atoms with E-state index in [1.54, 1.807) is 4.90 Å². The molecule has 3 unspecified atom stereocenters. The molecule has 0 bridgehead atoms. The number of nitrogens with zero attached hydrogens (tertiary/aromatic N) is 2. The highest BCUT2D eigenvalue weighted by Gasteiger charge is 2.45. The monoisotopic (exact) mass is 354 g/mol. The molecule has 0 aliphatic carbocycles. The van der Waals surface area contributed by atoms with Crippen LogP contribution in [0.15, 0.2) is 0 Å². The molecule has 25 heavy (non-hydrogen) atoms. The average Bonchev–Trinajstić information content (AvgIpc) is 3.08. The number of rotatable bonds is 7. The molecule has 0 spiro atoms. The van der Waals surface area contributed by atoms with Crippen molar-refractivity contribution in [2.75, 3.05) is 26.3 Å². The summed E-state index contributed by atoms with van der Waals surface area (Å²) in [6.07, 6.45) is 1.48. The Morgan fingerprint density at radius 2 is 2.16 bits per heavy atom. The van der Waals surface area contributed by atoms with Gasteiger partial charge >= 0.3 is 6.03 Å². The molecule has 0 aromatic rings. The van der Waals surface area contributed by atoms with Crippen LogP contribution < -0.4 is 11.1 Å². The average molecular weight is 354 g/mol. The Labute approximate surface area is 149 Å². The molecule has 3 atom stereocenters. The molecular weight excluding hydrogens is 324 g/mol. The predicted octanol–water partition coefficient (Wildman–Crippen LogP) is 0.513. The van der Waals surface area contributed by atoms with Crippen LogP contribution in [0.2, 0.25) is 0 Å². The maximum absolute atomic E-state index is 13.0. The summed E-state index contributed by atoms with van der Waals surface area (Å²) in [5, 5.41) is 2.36. The lowest BCUT2D eigenvalue weighted by atomic mass is 10.0. The minimum atomic E-state index is -0.865. The van der Waals surface area contributed by atoms with Crippen molar-refractivity contribution in [3.63, 3.8) is 0 Å². The Bertz CT molecular complexity index is 505. The molecular formula is C17H30N4O4. The first kappa shape index (κ1) is 19.7. The minimum absolute atomic E-state index is 0.111. The van der Waals surface area contributed by atoms with E-state index in [0.717, 1.165) is 12.8 Å². The van der Waals surface area contributed by atoms with Crippen molar-refractivity contribution in [2.24, 2.45) is 17.6 Å². The molecule has 3 N–H and O–H groups in total. The van der Waals surface area contributed by atoms with Crippen LogP contribution >= 0.6 is 0 Å². The van der Waals surface area contributed by atoms with Crippen LogP contribution in [0.25, 0.3) is 0 Å². The van der Waals surface area contributed by atoms with E-state index in [1.165, 1.54) is 4.90 Å². The van der Waals surface area contributed by atoms with Crippen molar-refractivity contribution in [1.82, 2.24) is 15.1 Å². The number of urea groups is 1. The second-order valence-corrected chi connectivity index (χ2v) is 7.22. The molecule has 4 amide bonds. The van der Waals surface area contributed by atoms with Crippen molar-refractivity contribution >= 4 is 17.8 Å². The number of hydrogen-bond donors (Lipinski definition) is 2. The first-order chi connectivity index (χ1) is 11.9. The minimum Gasteiger partial charge on any atom is -0.381 e. The third kappa shape index (κ3) is 4.49. The summed E-state index contributed by atoms with van der Waals surface area (Å²) in [5.41, 5.74) is 6.28. The number of carbonyl (C=O) groups excluding carboxylic acids is 3. The van der Waals surface area contributed by atoms with Gasteiger partial charge in [-0.1, -0.05) is 27.2 Å². The van der Waals surface area contributed by atoms with Crippen molar-refractivity contribution < 1.29 is 19.1 Å². The molecule has 2 aliphatic rings. The van der Waals surface area contributed by atoms with Crippen LogP contribution in [-0.2, 0) is 14.3 Å². The van der Waals surface area contributed by atoms with E-state index in [2.05, 4.69) is 5.32 Å². The number of nitrogens with one attached hydrogen (secondary N) is 1. The number of carbonyl (C=O) groups is 3. The zero-order chi connectivity index (χ0) is 18.6. The highest BCUT2D eigenvalue weighted by molar-refractivity contribution is 6.02. The topological polar surface area (TPSA) is 105 Å². The van der Waals surface area contributed by atoms with Crippen molar-refractivity contribution in [3.05, 3.63) is 0 Å². The highest BCUT2D eigenvalue weighted by Crippen LogP contribution is 2.22. The molecule has 0 radical (unpaired) electrons. The summed E-state index contributed by atoms with van der Waals surface area (Å²) in [7, 11) is 0. The van der Waals surface area contributed by atoms with E-state index in [1.807, 2.05) is 20.8 Å². The lowest BCUT2D eigenvalue weighted by Gasteiger charge is -2.44. The second kappa shape index (κ2) is 8.62. The fourth-order valence-corrected chi connectivity index (χ4v) is 3.31. The SMILES string of the molecule is CCCCN(C(=O)C1CCOC1)C1C(=O)NC(=O)N(CC(C)C)C1N. The maximum atomic E-state index is 13.0. The van der Waals surface area contributed by atoms with Gasteiger partial charge in [-0.3, -0.25) is 14.9 Å². The van der Waals surface area contributed by atoms with E-state index >= 15 is 0 Å². The molecule has 0 aromatic carbocycles. The summed E-state index contributed by atoms with van der Waals surface area (Å²) in [4.78, 5) is 40.6. The van der Waals surface area contributed by atoms with Crippen molar-refractivity contribution in [3.8, 4) is 0 Å². The first-order valence-electron chi connectivity index (χ1n) is 9.12. The third-order valence-corrected chi connectivity index (χ3v) is 4.66. The van der Waals surface area contributed by atoms with Gasteiger partial charge in [0, 0.05) is 19.7 Å². The van der Waals surface area contributed by atoms with E-state index in [9.17, 15) is 14.4 Å². The van der Waals surface area contributed by atoms with Crippen molar-refractivity contribution in [2.45, 2.75) is 52.2 Å². The van der Waals surface area contributed by atoms with Crippen LogP contribution in [0.5, 0.6) is 0 Å². The molecule has 2 saturated heterocycles. The number of nitrogens with two attached hydrogens (primary N) is 1. The first-order valence-corrected chi connectivity index (χ1v) is 9.12. The third-order valence-electron chi connectivity index (χ3n) is 4.66. The van der Waals surface area contributed by atoms with E-state index in [-0.39, 0.29) is 17.7 Å². The Balaban J connectivity index is 2.24. The van der Waals surface area contributed by atoms with E-state index < -0.39 is 24.1 Å². The number of unbranched alkanes of at least 4 members (excludes halogenated alkanes) is 1. The fraction of sp³-hybridized carbons (Fsp3) is 0.824. The second-order valence-electron chi connectivity index (χ2n) is 7.22. The predicted molar refractivity (Wildman–Crippen MR) is 92.4 cm³/mol. The largest absolute Gasteiger partial charge is 0.381 e. The molecule has 142 valence electrons. The van der Waals surface area contributed by atoms with Gasteiger partial charge in [-0.05, 0) is 18.8 Å². The van der Waals surface area contributed by atoms with Gasteiger partial charge in [-0.25, -0.2) is 4.79 Å². The van der Waals surface area contributed by atoms with E-state index in [0.29, 0.717) is 32.7 Å². The Morgan fingerprint density at radius 3 is 2.72 bits per heavy atom. The lowest BCUT2D eigenvalue weighted by Crippen LogP contribution is -2.72. The molecule has 2 aliphatic heterocycles. The number of ether oxygens (including phenoxy) is 1. The smallest absolute Gasteiger partial charge is 0.325 e. The summed E-state index contributed by atoms with van der Waals surface area (Å²) in [6, 6.07) is -1.36. The number of imide groups is 1. The molecule has 0 aromatic heterocycles. The van der Waals surface area contributed by atoms with Gasteiger partial charge in [0.05, 0.1) is 12.5 Å². The van der Waals surface area contributed by atoms with Crippen molar-refractivity contribution in [1.29, 1.82) is 0 Å². The van der Waals surface area contributed by atoms with E-state index in [4.69, 9.17) is 10.5 Å². The molecule has 0 saturated carbocycles. The number of amides is 4. The summed E-state index contributed by atoms with van der Waals surface area (Å²) in [5.74, 6) is -0.650. The molecule has 2 rings (SSSR count). The Kier molecular flexibility index (Phi) is 6.78. The quantitative estimate of drug-likeness (QED) is 0.693. The molecule has 8 nitrogen and oxygen atoms in total. The standard InChI is InChI=1S/C17H30N4O4/c1-4-5-7-20(16(23)12-6-8-25-10-12)13-14(18)21(9-11(2)3)17(24)19-15(13)22/h11-14H,4-10,18H2,1-3H3,(H,19,22,24). The van der Waals surface area contributed by atoms with Gasteiger partial charge in [0.25, 0.3) is 5.91 Å². The number of hydrogen-bond acceptors (Lipinski definition) is 5. The Hall–Kier alpha value is -1.67. The van der Waals surface area contributed by atoms with Gasteiger partial charge in [-0.15, -0.1) is 0 Å². The molecule has 2 fully saturated rings. The van der Waals surface area contributed by atoms with Gasteiger partial charge in [0.15, 0.2) is 0 Å². The van der Waals surface area contributed by atoms with Gasteiger partial charge < -0.3 is 20.3 Å². The fourth-order valence-electron chi connectivity index (χ4n) is 3.31. The van der Waals surface area contributed by atoms with Gasteiger partial charge in [0.1, 0.15) is 12.2 Å². The van der Waals surface area contributed by atoms with Crippen LogP contribution in [0.3, 0.4) is 0 Å². The molecule has 2 heterocycles. The lowest BCUT2D eigenvalue weighted by molar-refractivity contribution is -0.147. The maximum Gasteiger partial charge on any atom is 0.325 e. The summed E-state index contributed by atoms with van der Waals surface area (Å²) >= 11 is 0.